The zero-order valence-electron chi connectivity index (χ0n) is 10.5. The van der Waals surface area contributed by atoms with Gasteiger partial charge < -0.3 is 9.52 Å². The number of hydrogen-bond acceptors (Lipinski definition) is 3. The van der Waals surface area contributed by atoms with Gasteiger partial charge in [0.05, 0.1) is 11.6 Å². The second-order valence-electron chi connectivity index (χ2n) is 4.92. The van der Waals surface area contributed by atoms with Crippen molar-refractivity contribution in [3.8, 4) is 0 Å². The van der Waals surface area contributed by atoms with Gasteiger partial charge in [-0.2, -0.15) is 0 Å². The summed E-state index contributed by atoms with van der Waals surface area (Å²) >= 11 is 0. The number of aromatic nitrogens is 1. The fraction of sp³-hybridized carbons (Fsp3) is 0.333. The molecule has 1 N–H and O–H groups in total. The highest BCUT2D eigenvalue weighted by atomic mass is 16.4. The van der Waals surface area contributed by atoms with Crippen LogP contribution in [0.25, 0.3) is 0 Å². The van der Waals surface area contributed by atoms with Crippen molar-refractivity contribution in [2.24, 2.45) is 5.92 Å². The number of oxazole rings is 1. The predicted molar refractivity (Wildman–Crippen MR) is 68.9 cm³/mol. The highest BCUT2D eigenvalue weighted by Gasteiger charge is 2.28. The van der Waals surface area contributed by atoms with Crippen LogP contribution in [-0.4, -0.2) is 16.1 Å². The summed E-state index contributed by atoms with van der Waals surface area (Å²) < 4.78 is 5.73. The van der Waals surface area contributed by atoms with Gasteiger partial charge in [0.15, 0.2) is 5.89 Å². The maximum atomic E-state index is 11.0. The van der Waals surface area contributed by atoms with Gasteiger partial charge in [0.1, 0.15) is 5.76 Å². The Morgan fingerprint density at radius 2 is 2.16 bits per heavy atom. The molecule has 1 aliphatic carbocycles. The minimum absolute atomic E-state index is 0.317. The third-order valence-electron chi connectivity index (χ3n) is 3.53. The van der Waals surface area contributed by atoms with Crippen molar-refractivity contribution < 1.29 is 14.3 Å². The zero-order chi connectivity index (χ0) is 13.2. The summed E-state index contributed by atoms with van der Waals surface area (Å²) in [4.78, 5) is 15.5. The van der Waals surface area contributed by atoms with Gasteiger partial charge in [0.2, 0.25) is 0 Å². The van der Waals surface area contributed by atoms with Crippen LogP contribution in [0.15, 0.2) is 34.7 Å². The van der Waals surface area contributed by atoms with Gasteiger partial charge in [-0.25, -0.2) is 4.98 Å². The molecule has 2 aromatic rings. The molecule has 0 radical (unpaired) electrons. The molecule has 3 rings (SSSR count). The Labute approximate surface area is 111 Å². The van der Waals surface area contributed by atoms with Crippen molar-refractivity contribution in [1.29, 1.82) is 0 Å². The van der Waals surface area contributed by atoms with E-state index in [1.807, 2.05) is 30.3 Å². The first kappa shape index (κ1) is 12.0. The van der Waals surface area contributed by atoms with Gasteiger partial charge in [0.25, 0.3) is 0 Å². The Bertz CT molecular complexity index is 589. The lowest BCUT2D eigenvalue weighted by atomic mass is 9.90. The molecule has 19 heavy (non-hydrogen) atoms. The number of rotatable bonds is 3. The number of carboxylic acid groups (broad SMARTS) is 1. The van der Waals surface area contributed by atoms with Gasteiger partial charge in [-0.05, 0) is 12.0 Å². The van der Waals surface area contributed by atoms with Gasteiger partial charge in [-0.15, -0.1) is 0 Å². The van der Waals surface area contributed by atoms with Crippen molar-refractivity contribution >= 4 is 5.97 Å². The molecular weight excluding hydrogens is 242 g/mol. The number of fused-ring (bicyclic) bond motifs is 1. The van der Waals surface area contributed by atoms with Crippen LogP contribution in [0.4, 0.5) is 0 Å². The van der Waals surface area contributed by atoms with E-state index in [4.69, 9.17) is 9.52 Å². The minimum atomic E-state index is -0.738. The quantitative estimate of drug-likeness (QED) is 0.917. The van der Waals surface area contributed by atoms with Crippen molar-refractivity contribution in [3.05, 3.63) is 53.2 Å². The number of carbonyl (C=O) groups is 1. The first-order valence-electron chi connectivity index (χ1n) is 6.46. The normalized spacial score (nSPS) is 18.0. The van der Waals surface area contributed by atoms with Crippen molar-refractivity contribution in [2.45, 2.75) is 25.7 Å². The molecule has 1 aliphatic rings. The highest BCUT2D eigenvalue weighted by Crippen LogP contribution is 2.26. The first-order chi connectivity index (χ1) is 9.22. The van der Waals surface area contributed by atoms with E-state index in [1.54, 1.807) is 0 Å². The molecule has 1 aromatic heterocycles. The van der Waals surface area contributed by atoms with Crippen LogP contribution in [0, 0.1) is 5.92 Å². The molecule has 4 heteroatoms. The van der Waals surface area contributed by atoms with Crippen LogP contribution in [-0.2, 0) is 24.1 Å². The number of aryl methyl sites for hydroxylation is 1. The van der Waals surface area contributed by atoms with E-state index in [0.717, 1.165) is 17.0 Å². The summed E-state index contributed by atoms with van der Waals surface area (Å²) in [6, 6.07) is 10.0. The fourth-order valence-electron chi connectivity index (χ4n) is 2.49. The van der Waals surface area contributed by atoms with E-state index in [-0.39, 0.29) is 5.92 Å². The van der Waals surface area contributed by atoms with Gasteiger partial charge >= 0.3 is 5.97 Å². The van der Waals surface area contributed by atoms with E-state index in [0.29, 0.717) is 31.6 Å². The number of carboxylic acids is 1. The summed E-state index contributed by atoms with van der Waals surface area (Å²) in [5, 5.41) is 9.05. The Hall–Kier alpha value is -2.10. The zero-order valence-corrected chi connectivity index (χ0v) is 10.5. The van der Waals surface area contributed by atoms with Crippen LogP contribution < -0.4 is 0 Å². The summed E-state index contributed by atoms with van der Waals surface area (Å²) in [6.45, 7) is 0. The third kappa shape index (κ3) is 2.52. The van der Waals surface area contributed by atoms with E-state index in [2.05, 4.69) is 4.98 Å². The summed E-state index contributed by atoms with van der Waals surface area (Å²) in [6.07, 6.45) is 2.46. The SMILES string of the molecule is O=C(O)C1CCc2oc(Cc3ccccc3)nc2C1. The molecule has 4 nitrogen and oxygen atoms in total. The van der Waals surface area contributed by atoms with Crippen molar-refractivity contribution in [3.63, 3.8) is 0 Å². The molecule has 1 unspecified atom stereocenters. The van der Waals surface area contributed by atoms with Gasteiger partial charge in [0, 0.05) is 19.3 Å². The Morgan fingerprint density at radius 3 is 2.89 bits per heavy atom. The van der Waals surface area contributed by atoms with Crippen molar-refractivity contribution in [1.82, 2.24) is 4.98 Å². The van der Waals surface area contributed by atoms with E-state index < -0.39 is 5.97 Å². The van der Waals surface area contributed by atoms with Crippen LogP contribution in [0.5, 0.6) is 0 Å². The second-order valence-corrected chi connectivity index (χ2v) is 4.92. The Morgan fingerprint density at radius 1 is 1.37 bits per heavy atom. The monoisotopic (exact) mass is 257 g/mol. The molecule has 0 spiro atoms. The van der Waals surface area contributed by atoms with E-state index in [9.17, 15) is 4.79 Å². The molecule has 0 saturated heterocycles. The molecule has 0 bridgehead atoms. The summed E-state index contributed by atoms with van der Waals surface area (Å²) in [5.41, 5.74) is 1.97. The average molecular weight is 257 g/mol. The first-order valence-corrected chi connectivity index (χ1v) is 6.46. The molecule has 0 saturated carbocycles. The molecule has 1 atom stereocenters. The molecular formula is C15H15NO3. The minimum Gasteiger partial charge on any atom is -0.481 e. The maximum absolute atomic E-state index is 11.0. The lowest BCUT2D eigenvalue weighted by molar-refractivity contribution is -0.142. The molecule has 0 aliphatic heterocycles. The lowest BCUT2D eigenvalue weighted by Gasteiger charge is -2.15. The lowest BCUT2D eigenvalue weighted by Crippen LogP contribution is -2.21. The Kier molecular flexibility index (Phi) is 3.07. The fourth-order valence-corrected chi connectivity index (χ4v) is 2.49. The Balaban J connectivity index is 1.78. The summed E-state index contributed by atoms with van der Waals surface area (Å²) in [7, 11) is 0. The molecule has 1 heterocycles. The predicted octanol–water partition coefficient (Wildman–Crippen LogP) is 2.45. The van der Waals surface area contributed by atoms with Crippen LogP contribution in [0.2, 0.25) is 0 Å². The second kappa shape index (κ2) is 4.88. The van der Waals surface area contributed by atoms with E-state index in [1.165, 1.54) is 0 Å². The number of hydrogen-bond donors (Lipinski definition) is 1. The largest absolute Gasteiger partial charge is 0.481 e. The van der Waals surface area contributed by atoms with Gasteiger partial charge in [-0.1, -0.05) is 30.3 Å². The number of nitrogens with zero attached hydrogens (tertiary/aromatic N) is 1. The smallest absolute Gasteiger partial charge is 0.306 e. The third-order valence-corrected chi connectivity index (χ3v) is 3.53. The standard InChI is InChI=1S/C15H15NO3/c17-15(18)11-6-7-13-12(9-11)16-14(19-13)8-10-4-2-1-3-5-10/h1-5,11H,6-9H2,(H,17,18). The van der Waals surface area contributed by atoms with Crippen LogP contribution >= 0.6 is 0 Å². The summed E-state index contributed by atoms with van der Waals surface area (Å²) in [5.74, 6) is 0.492. The highest BCUT2D eigenvalue weighted by molar-refractivity contribution is 5.70. The molecule has 0 amide bonds. The van der Waals surface area contributed by atoms with E-state index >= 15 is 0 Å². The van der Waals surface area contributed by atoms with Crippen molar-refractivity contribution in [2.75, 3.05) is 0 Å². The van der Waals surface area contributed by atoms with Gasteiger partial charge in [-0.3, -0.25) is 4.79 Å². The topological polar surface area (TPSA) is 63.3 Å². The van der Waals surface area contributed by atoms with Crippen LogP contribution in [0.3, 0.4) is 0 Å². The number of benzene rings is 1. The molecule has 1 aromatic carbocycles. The van der Waals surface area contributed by atoms with Crippen LogP contribution in [0.1, 0.15) is 29.3 Å². The average Bonchev–Trinajstić information content (AvgIpc) is 2.80. The maximum Gasteiger partial charge on any atom is 0.306 e. The molecule has 0 fully saturated rings. The number of aliphatic carboxylic acids is 1. The molecule has 98 valence electrons.